The monoisotopic (exact) mass is 232 g/mol. The molecule has 1 atom stereocenters. The smallest absolute Gasteiger partial charge is 0.328 e. The van der Waals surface area contributed by atoms with Gasteiger partial charge in [0.05, 0.1) is 16.4 Å². The third-order valence-electron chi connectivity index (χ3n) is 1.71. The van der Waals surface area contributed by atoms with Crippen LogP contribution in [-0.2, 0) is 4.79 Å². The third-order valence-corrected chi connectivity index (χ3v) is 2.49. The van der Waals surface area contributed by atoms with Crippen molar-refractivity contribution in [2.24, 2.45) is 0 Å². The first kappa shape index (κ1) is 9.25. The zero-order valence-electron chi connectivity index (χ0n) is 6.78. The van der Waals surface area contributed by atoms with Crippen LogP contribution in [0.25, 0.3) is 0 Å². The SMILES string of the molecule is Cc1c(Br)cnn1C(C)C(=O)O. The van der Waals surface area contributed by atoms with Gasteiger partial charge in [-0.25, -0.2) is 4.79 Å². The highest BCUT2D eigenvalue weighted by Crippen LogP contribution is 2.18. The average Bonchev–Trinajstić information content (AvgIpc) is 2.32. The Labute approximate surface area is 78.3 Å². The van der Waals surface area contributed by atoms with E-state index in [0.29, 0.717) is 0 Å². The number of hydrogen-bond acceptors (Lipinski definition) is 2. The fraction of sp³-hybridized carbons (Fsp3) is 0.429. The standard InChI is InChI=1S/C7H9BrN2O2/c1-4-6(8)3-9-10(4)5(2)7(11)12/h3,5H,1-2H3,(H,11,12). The largest absolute Gasteiger partial charge is 0.480 e. The van der Waals surface area contributed by atoms with Crippen molar-refractivity contribution in [2.75, 3.05) is 0 Å². The van der Waals surface area contributed by atoms with Crippen LogP contribution in [0.1, 0.15) is 18.7 Å². The molecule has 0 bridgehead atoms. The number of nitrogens with zero attached hydrogens (tertiary/aromatic N) is 2. The molecule has 0 saturated heterocycles. The van der Waals surface area contributed by atoms with E-state index in [4.69, 9.17) is 5.11 Å². The van der Waals surface area contributed by atoms with Crippen LogP contribution in [0.15, 0.2) is 10.7 Å². The zero-order chi connectivity index (χ0) is 9.30. The number of carboxylic acid groups (broad SMARTS) is 1. The molecule has 1 aromatic rings. The van der Waals surface area contributed by atoms with Gasteiger partial charge in [0.15, 0.2) is 0 Å². The van der Waals surface area contributed by atoms with E-state index in [9.17, 15) is 4.79 Å². The minimum Gasteiger partial charge on any atom is -0.480 e. The van der Waals surface area contributed by atoms with Gasteiger partial charge in [-0.3, -0.25) is 4.68 Å². The molecule has 0 aromatic carbocycles. The summed E-state index contributed by atoms with van der Waals surface area (Å²) in [6, 6.07) is -0.615. The van der Waals surface area contributed by atoms with Crippen LogP contribution in [0.4, 0.5) is 0 Å². The van der Waals surface area contributed by atoms with Gasteiger partial charge < -0.3 is 5.11 Å². The van der Waals surface area contributed by atoms with Crippen LogP contribution in [0, 0.1) is 6.92 Å². The Balaban J connectivity index is 3.03. The average molecular weight is 233 g/mol. The summed E-state index contributed by atoms with van der Waals surface area (Å²) in [7, 11) is 0. The minimum atomic E-state index is -0.881. The summed E-state index contributed by atoms with van der Waals surface area (Å²) >= 11 is 3.26. The molecule has 1 aromatic heterocycles. The van der Waals surface area contributed by atoms with Crippen molar-refractivity contribution in [2.45, 2.75) is 19.9 Å². The Bertz CT molecular complexity index is 308. The number of aromatic nitrogens is 2. The Morgan fingerprint density at radius 3 is 2.75 bits per heavy atom. The zero-order valence-corrected chi connectivity index (χ0v) is 8.37. The minimum absolute atomic E-state index is 0.615. The number of carbonyl (C=O) groups is 1. The van der Waals surface area contributed by atoms with E-state index < -0.39 is 12.0 Å². The van der Waals surface area contributed by atoms with Gasteiger partial charge in [-0.05, 0) is 29.8 Å². The Morgan fingerprint density at radius 1 is 1.83 bits per heavy atom. The maximum absolute atomic E-state index is 10.6. The van der Waals surface area contributed by atoms with E-state index in [-0.39, 0.29) is 0 Å². The molecule has 0 aliphatic rings. The fourth-order valence-corrected chi connectivity index (χ4v) is 1.17. The lowest BCUT2D eigenvalue weighted by Crippen LogP contribution is -2.17. The summed E-state index contributed by atoms with van der Waals surface area (Å²) in [5, 5.41) is 12.6. The van der Waals surface area contributed by atoms with Crippen molar-refractivity contribution in [3.05, 3.63) is 16.4 Å². The molecule has 1 rings (SSSR count). The number of aliphatic carboxylic acids is 1. The predicted octanol–water partition coefficient (Wildman–Crippen LogP) is 1.60. The van der Waals surface area contributed by atoms with Crippen molar-refractivity contribution in [1.29, 1.82) is 0 Å². The lowest BCUT2D eigenvalue weighted by molar-refractivity contribution is -0.140. The molecule has 4 nitrogen and oxygen atoms in total. The lowest BCUT2D eigenvalue weighted by atomic mass is 10.3. The topological polar surface area (TPSA) is 55.1 Å². The first-order valence-electron chi connectivity index (χ1n) is 3.46. The molecule has 0 fully saturated rings. The summed E-state index contributed by atoms with van der Waals surface area (Å²) in [6.45, 7) is 3.41. The first-order valence-corrected chi connectivity index (χ1v) is 4.25. The normalized spacial score (nSPS) is 12.9. The summed E-state index contributed by atoms with van der Waals surface area (Å²) in [4.78, 5) is 10.6. The predicted molar refractivity (Wildman–Crippen MR) is 47.0 cm³/mol. The van der Waals surface area contributed by atoms with Crippen LogP contribution in [0.3, 0.4) is 0 Å². The summed E-state index contributed by atoms with van der Waals surface area (Å²) in [6.07, 6.45) is 1.59. The van der Waals surface area contributed by atoms with E-state index in [2.05, 4.69) is 21.0 Å². The maximum Gasteiger partial charge on any atom is 0.328 e. The van der Waals surface area contributed by atoms with Gasteiger partial charge in [-0.1, -0.05) is 0 Å². The van der Waals surface area contributed by atoms with Crippen LogP contribution >= 0.6 is 15.9 Å². The molecular weight excluding hydrogens is 224 g/mol. The molecule has 0 spiro atoms. The van der Waals surface area contributed by atoms with Crippen molar-refractivity contribution in [3.63, 3.8) is 0 Å². The van der Waals surface area contributed by atoms with E-state index in [1.54, 1.807) is 13.1 Å². The van der Waals surface area contributed by atoms with E-state index in [1.165, 1.54) is 4.68 Å². The second-order valence-electron chi connectivity index (χ2n) is 2.54. The lowest BCUT2D eigenvalue weighted by Gasteiger charge is -2.08. The Kier molecular flexibility index (Phi) is 2.52. The Morgan fingerprint density at radius 2 is 2.42 bits per heavy atom. The number of carboxylic acids is 1. The van der Waals surface area contributed by atoms with Crippen molar-refractivity contribution < 1.29 is 9.90 Å². The number of hydrogen-bond donors (Lipinski definition) is 1. The van der Waals surface area contributed by atoms with E-state index >= 15 is 0 Å². The fourth-order valence-electron chi connectivity index (χ4n) is 0.897. The third kappa shape index (κ3) is 1.50. The molecule has 5 heteroatoms. The van der Waals surface area contributed by atoms with Crippen molar-refractivity contribution in [1.82, 2.24) is 9.78 Å². The van der Waals surface area contributed by atoms with Gasteiger partial charge in [0.25, 0.3) is 0 Å². The van der Waals surface area contributed by atoms with Crippen LogP contribution < -0.4 is 0 Å². The van der Waals surface area contributed by atoms with Gasteiger partial charge in [0, 0.05) is 0 Å². The summed E-state index contributed by atoms with van der Waals surface area (Å²) in [5.74, 6) is -0.881. The Hall–Kier alpha value is -0.840. The van der Waals surface area contributed by atoms with Gasteiger partial charge in [-0.15, -0.1) is 0 Å². The highest BCUT2D eigenvalue weighted by Gasteiger charge is 2.16. The van der Waals surface area contributed by atoms with Crippen molar-refractivity contribution >= 4 is 21.9 Å². The number of halogens is 1. The molecule has 12 heavy (non-hydrogen) atoms. The molecule has 0 aliphatic heterocycles. The molecule has 0 amide bonds. The highest BCUT2D eigenvalue weighted by atomic mass is 79.9. The molecule has 0 radical (unpaired) electrons. The number of rotatable bonds is 2. The van der Waals surface area contributed by atoms with Crippen molar-refractivity contribution in [3.8, 4) is 0 Å². The maximum atomic E-state index is 10.6. The molecule has 66 valence electrons. The molecular formula is C7H9BrN2O2. The van der Waals surface area contributed by atoms with Gasteiger partial charge >= 0.3 is 5.97 Å². The van der Waals surface area contributed by atoms with Crippen LogP contribution in [0.5, 0.6) is 0 Å². The second kappa shape index (κ2) is 3.26. The first-order chi connectivity index (χ1) is 5.54. The van der Waals surface area contributed by atoms with Gasteiger partial charge in [0.2, 0.25) is 0 Å². The summed E-state index contributed by atoms with van der Waals surface area (Å²) < 4.78 is 2.29. The van der Waals surface area contributed by atoms with Crippen LogP contribution in [-0.4, -0.2) is 20.9 Å². The highest BCUT2D eigenvalue weighted by molar-refractivity contribution is 9.10. The van der Waals surface area contributed by atoms with Crippen LogP contribution in [0.2, 0.25) is 0 Å². The quantitative estimate of drug-likeness (QED) is 0.843. The second-order valence-corrected chi connectivity index (χ2v) is 3.39. The summed E-state index contributed by atoms with van der Waals surface area (Å²) in [5.41, 5.74) is 0.824. The molecule has 1 N–H and O–H groups in total. The molecule has 0 aliphatic carbocycles. The molecule has 1 heterocycles. The molecule has 0 saturated carbocycles. The van der Waals surface area contributed by atoms with E-state index in [1.807, 2.05) is 6.92 Å². The van der Waals surface area contributed by atoms with Gasteiger partial charge in [0.1, 0.15) is 6.04 Å². The molecule has 1 unspecified atom stereocenters. The van der Waals surface area contributed by atoms with E-state index in [0.717, 1.165) is 10.2 Å². The van der Waals surface area contributed by atoms with Gasteiger partial charge in [-0.2, -0.15) is 5.10 Å².